The van der Waals surface area contributed by atoms with Gasteiger partial charge in [-0.3, -0.25) is 9.59 Å². The minimum absolute atomic E-state index is 0.0531. The number of carboxylic acids is 1. The number of carbonyl (C=O) groups excluding carboxylic acids is 2. The van der Waals surface area contributed by atoms with E-state index < -0.39 is 18.1 Å². The van der Waals surface area contributed by atoms with Gasteiger partial charge in [-0.05, 0) is 42.0 Å². The summed E-state index contributed by atoms with van der Waals surface area (Å²) in [6.07, 6.45) is 0.961. The Hall–Kier alpha value is -3.35. The summed E-state index contributed by atoms with van der Waals surface area (Å²) in [5.41, 5.74) is 4.53. The number of benzene rings is 2. The zero-order valence-corrected chi connectivity index (χ0v) is 17.4. The Kier molecular flexibility index (Phi) is 5.93. The van der Waals surface area contributed by atoms with Crippen molar-refractivity contribution >= 4 is 18.0 Å². The van der Waals surface area contributed by atoms with Gasteiger partial charge >= 0.3 is 12.1 Å². The van der Waals surface area contributed by atoms with Crippen LogP contribution < -0.4 is 5.32 Å². The van der Waals surface area contributed by atoms with E-state index in [4.69, 9.17) is 9.84 Å². The standard InChI is InChI=1S/C24H26N2O5/c1-15(23(29)26(16-10-11-16)13-12-22(27)28)25-24(30)31-14-21-19-8-4-2-6-17(19)18-7-3-5-9-20(18)21/h2-9,15-16,21H,10-14H2,1H3,(H,25,30)(H,27,28). The predicted molar refractivity (Wildman–Crippen MR) is 115 cm³/mol. The highest BCUT2D eigenvalue weighted by Crippen LogP contribution is 2.44. The average Bonchev–Trinajstić information content (AvgIpc) is 3.54. The molecule has 0 radical (unpaired) electrons. The quantitative estimate of drug-likeness (QED) is 0.680. The van der Waals surface area contributed by atoms with Gasteiger partial charge in [-0.15, -0.1) is 0 Å². The van der Waals surface area contributed by atoms with Crippen molar-refractivity contribution in [1.29, 1.82) is 0 Å². The van der Waals surface area contributed by atoms with Crippen molar-refractivity contribution in [3.63, 3.8) is 0 Å². The molecular weight excluding hydrogens is 396 g/mol. The van der Waals surface area contributed by atoms with Crippen LogP contribution in [0.4, 0.5) is 4.79 Å². The molecule has 0 saturated heterocycles. The fourth-order valence-corrected chi connectivity index (χ4v) is 4.20. The van der Waals surface area contributed by atoms with Gasteiger partial charge in [0.15, 0.2) is 0 Å². The molecule has 0 aromatic heterocycles. The number of nitrogens with one attached hydrogen (secondary N) is 1. The van der Waals surface area contributed by atoms with Gasteiger partial charge in [0.1, 0.15) is 12.6 Å². The average molecular weight is 422 g/mol. The summed E-state index contributed by atoms with van der Waals surface area (Å²) in [4.78, 5) is 37.6. The van der Waals surface area contributed by atoms with E-state index in [0.717, 1.165) is 35.1 Å². The Morgan fingerprint density at radius 2 is 1.65 bits per heavy atom. The minimum Gasteiger partial charge on any atom is -0.481 e. The van der Waals surface area contributed by atoms with Crippen molar-refractivity contribution < 1.29 is 24.2 Å². The maximum atomic E-state index is 12.7. The maximum Gasteiger partial charge on any atom is 0.407 e. The smallest absolute Gasteiger partial charge is 0.407 e. The second-order valence-corrected chi connectivity index (χ2v) is 8.10. The van der Waals surface area contributed by atoms with Crippen LogP contribution in [0.15, 0.2) is 48.5 Å². The Morgan fingerprint density at radius 1 is 1.06 bits per heavy atom. The van der Waals surface area contributed by atoms with Crippen molar-refractivity contribution in [2.45, 2.75) is 44.2 Å². The fourth-order valence-electron chi connectivity index (χ4n) is 4.20. The lowest BCUT2D eigenvalue weighted by molar-refractivity contribution is -0.139. The van der Waals surface area contributed by atoms with Gasteiger partial charge in [0.25, 0.3) is 0 Å². The van der Waals surface area contributed by atoms with E-state index in [9.17, 15) is 14.4 Å². The predicted octanol–water partition coefficient (Wildman–Crippen LogP) is 3.38. The number of aliphatic carboxylic acids is 1. The Labute approximate surface area is 181 Å². The van der Waals surface area contributed by atoms with Gasteiger partial charge in [-0.2, -0.15) is 0 Å². The fraction of sp³-hybridized carbons (Fsp3) is 0.375. The van der Waals surface area contributed by atoms with E-state index >= 15 is 0 Å². The second kappa shape index (κ2) is 8.79. The lowest BCUT2D eigenvalue weighted by Crippen LogP contribution is -2.48. The lowest BCUT2D eigenvalue weighted by atomic mass is 9.98. The van der Waals surface area contributed by atoms with Crippen molar-refractivity contribution in [3.05, 3.63) is 59.7 Å². The molecule has 2 amide bonds. The van der Waals surface area contributed by atoms with Crippen LogP contribution >= 0.6 is 0 Å². The third kappa shape index (κ3) is 4.55. The summed E-state index contributed by atoms with van der Waals surface area (Å²) >= 11 is 0. The minimum atomic E-state index is -0.949. The number of rotatable bonds is 8. The molecule has 1 unspecified atom stereocenters. The van der Waals surface area contributed by atoms with E-state index in [1.165, 1.54) is 0 Å². The van der Waals surface area contributed by atoms with Crippen molar-refractivity contribution in [3.8, 4) is 11.1 Å². The second-order valence-electron chi connectivity index (χ2n) is 8.10. The van der Waals surface area contributed by atoms with Crippen LogP contribution in [-0.2, 0) is 14.3 Å². The van der Waals surface area contributed by atoms with Crippen molar-refractivity contribution in [1.82, 2.24) is 10.2 Å². The molecule has 2 aliphatic rings. The Bertz CT molecular complexity index is 955. The molecule has 0 aliphatic heterocycles. The Balaban J connectivity index is 1.36. The molecule has 2 aromatic rings. The molecule has 7 nitrogen and oxygen atoms in total. The molecule has 4 rings (SSSR count). The summed E-state index contributed by atoms with van der Waals surface area (Å²) < 4.78 is 5.50. The number of amides is 2. The summed E-state index contributed by atoms with van der Waals surface area (Å²) in [6.45, 7) is 1.92. The topological polar surface area (TPSA) is 95.9 Å². The van der Waals surface area contributed by atoms with Gasteiger partial charge < -0.3 is 20.1 Å². The number of hydrogen-bond donors (Lipinski definition) is 2. The highest BCUT2D eigenvalue weighted by molar-refractivity contribution is 5.86. The molecule has 1 atom stereocenters. The summed E-state index contributed by atoms with van der Waals surface area (Å²) in [6, 6.07) is 15.4. The third-order valence-corrected chi connectivity index (χ3v) is 5.89. The zero-order chi connectivity index (χ0) is 22.0. The molecule has 7 heteroatoms. The Morgan fingerprint density at radius 3 is 2.19 bits per heavy atom. The molecule has 0 heterocycles. The zero-order valence-electron chi connectivity index (χ0n) is 17.4. The summed E-state index contributed by atoms with van der Waals surface area (Å²) in [5.74, 6) is -1.28. The molecule has 0 spiro atoms. The first-order valence-electron chi connectivity index (χ1n) is 10.6. The van der Waals surface area contributed by atoms with Crippen molar-refractivity contribution in [2.75, 3.05) is 13.2 Å². The van der Waals surface area contributed by atoms with Crippen molar-refractivity contribution in [2.24, 2.45) is 0 Å². The summed E-state index contributed by atoms with van der Waals surface area (Å²) in [5, 5.41) is 11.5. The third-order valence-electron chi connectivity index (χ3n) is 5.89. The van der Waals surface area contributed by atoms with Crippen LogP contribution in [0.5, 0.6) is 0 Å². The van der Waals surface area contributed by atoms with Gasteiger partial charge in [-0.25, -0.2) is 4.79 Å². The van der Waals surface area contributed by atoms with Gasteiger partial charge in [0.2, 0.25) is 5.91 Å². The molecule has 2 aliphatic carbocycles. The molecule has 2 N–H and O–H groups in total. The number of carbonyl (C=O) groups is 3. The van der Waals surface area contributed by atoms with E-state index in [-0.39, 0.29) is 37.4 Å². The van der Waals surface area contributed by atoms with Crippen LogP contribution in [-0.4, -0.2) is 53.2 Å². The number of fused-ring (bicyclic) bond motifs is 3. The van der Waals surface area contributed by atoms with E-state index in [2.05, 4.69) is 17.4 Å². The molecule has 0 bridgehead atoms. The molecule has 31 heavy (non-hydrogen) atoms. The molecule has 1 fully saturated rings. The van der Waals surface area contributed by atoms with Gasteiger partial charge in [-0.1, -0.05) is 48.5 Å². The number of carboxylic acid groups (broad SMARTS) is 1. The first kappa shape index (κ1) is 20.9. The van der Waals surface area contributed by atoms with E-state index in [1.54, 1.807) is 11.8 Å². The van der Waals surface area contributed by atoms with Gasteiger partial charge in [0.05, 0.1) is 6.42 Å². The van der Waals surface area contributed by atoms with Gasteiger partial charge in [0, 0.05) is 18.5 Å². The van der Waals surface area contributed by atoms with Crippen LogP contribution in [0.2, 0.25) is 0 Å². The van der Waals surface area contributed by atoms with E-state index in [0.29, 0.717) is 0 Å². The van der Waals surface area contributed by atoms with Crippen LogP contribution in [0, 0.1) is 0 Å². The highest BCUT2D eigenvalue weighted by Gasteiger charge is 2.35. The largest absolute Gasteiger partial charge is 0.481 e. The first-order valence-corrected chi connectivity index (χ1v) is 10.6. The molecule has 162 valence electrons. The SMILES string of the molecule is CC(NC(=O)OCC1c2ccccc2-c2ccccc21)C(=O)N(CCC(=O)O)C1CC1. The lowest BCUT2D eigenvalue weighted by Gasteiger charge is -2.25. The highest BCUT2D eigenvalue weighted by atomic mass is 16.5. The van der Waals surface area contributed by atoms with Crippen LogP contribution in [0.25, 0.3) is 11.1 Å². The normalized spacial score (nSPS) is 15.5. The van der Waals surface area contributed by atoms with E-state index in [1.807, 2.05) is 36.4 Å². The summed E-state index contributed by atoms with van der Waals surface area (Å²) in [7, 11) is 0. The number of hydrogen-bond acceptors (Lipinski definition) is 4. The number of nitrogens with zero attached hydrogens (tertiary/aromatic N) is 1. The monoisotopic (exact) mass is 422 g/mol. The molecule has 2 aromatic carbocycles. The maximum absolute atomic E-state index is 12.7. The number of ether oxygens (including phenoxy) is 1. The number of alkyl carbamates (subject to hydrolysis) is 1. The van der Waals surface area contributed by atoms with Crippen LogP contribution in [0.3, 0.4) is 0 Å². The van der Waals surface area contributed by atoms with Crippen LogP contribution in [0.1, 0.15) is 43.2 Å². The molecular formula is C24H26N2O5. The first-order chi connectivity index (χ1) is 15.0. The molecule has 1 saturated carbocycles.